The lowest BCUT2D eigenvalue weighted by molar-refractivity contribution is -0.127. The van der Waals surface area contributed by atoms with Crippen molar-refractivity contribution in [1.82, 2.24) is 10.6 Å². The Morgan fingerprint density at radius 2 is 1.82 bits per heavy atom. The highest BCUT2D eigenvalue weighted by atomic mass is 16.2. The molecule has 1 aromatic rings. The molecule has 5 heteroatoms. The predicted molar refractivity (Wildman–Crippen MR) is 88.3 cm³/mol. The molecule has 2 atom stereocenters. The van der Waals surface area contributed by atoms with Gasteiger partial charge in [0.25, 0.3) is 0 Å². The van der Waals surface area contributed by atoms with E-state index in [4.69, 9.17) is 5.73 Å². The van der Waals surface area contributed by atoms with Crippen LogP contribution in [0.4, 0.5) is 0 Å². The minimum atomic E-state index is -0.593. The number of amides is 2. The molecule has 0 aliphatic carbocycles. The Morgan fingerprint density at radius 1 is 1.18 bits per heavy atom. The van der Waals surface area contributed by atoms with E-state index < -0.39 is 6.04 Å². The third-order valence-corrected chi connectivity index (χ3v) is 3.71. The van der Waals surface area contributed by atoms with Crippen LogP contribution >= 0.6 is 0 Å². The van der Waals surface area contributed by atoms with E-state index in [9.17, 15) is 9.59 Å². The summed E-state index contributed by atoms with van der Waals surface area (Å²) in [6.45, 7) is 9.66. The molecular formula is C17H27N3O2. The van der Waals surface area contributed by atoms with Gasteiger partial charge in [0.05, 0.1) is 18.6 Å². The number of hydrogen-bond acceptors (Lipinski definition) is 3. The second-order valence-electron chi connectivity index (χ2n) is 6.14. The Bertz CT molecular complexity index is 541. The summed E-state index contributed by atoms with van der Waals surface area (Å²) < 4.78 is 0. The van der Waals surface area contributed by atoms with Crippen LogP contribution in [-0.2, 0) is 9.59 Å². The number of nitrogens with one attached hydrogen (secondary N) is 2. The second-order valence-corrected chi connectivity index (χ2v) is 6.14. The van der Waals surface area contributed by atoms with Gasteiger partial charge in [0.2, 0.25) is 11.8 Å². The van der Waals surface area contributed by atoms with Crippen molar-refractivity contribution < 1.29 is 9.59 Å². The molecule has 0 radical (unpaired) electrons. The summed E-state index contributed by atoms with van der Waals surface area (Å²) >= 11 is 0. The standard InChI is InChI=1S/C17H27N3O2/c1-10(2)16(18)17(22)19-9-15(21)20-13(5)14-7-6-11(3)8-12(14)4/h6-8,10,13,16H,9,18H2,1-5H3,(H,19,22)(H,20,21)/t13?,16-/m0/s1. The predicted octanol–water partition coefficient (Wildman–Crippen LogP) is 1.58. The molecule has 0 spiro atoms. The Hall–Kier alpha value is -1.88. The van der Waals surface area contributed by atoms with Crippen molar-refractivity contribution in [2.45, 2.75) is 46.7 Å². The first kappa shape index (κ1) is 18.2. The molecule has 0 bridgehead atoms. The zero-order valence-electron chi connectivity index (χ0n) is 14.1. The van der Waals surface area contributed by atoms with Crippen LogP contribution in [0.2, 0.25) is 0 Å². The number of aryl methyl sites for hydroxylation is 2. The zero-order valence-corrected chi connectivity index (χ0v) is 14.1. The summed E-state index contributed by atoms with van der Waals surface area (Å²) in [5.74, 6) is -0.488. The van der Waals surface area contributed by atoms with E-state index in [0.29, 0.717) is 0 Å². The molecular weight excluding hydrogens is 278 g/mol. The van der Waals surface area contributed by atoms with Gasteiger partial charge in [-0.25, -0.2) is 0 Å². The van der Waals surface area contributed by atoms with Gasteiger partial charge in [-0.1, -0.05) is 37.6 Å². The molecule has 0 saturated heterocycles. The van der Waals surface area contributed by atoms with Crippen LogP contribution in [-0.4, -0.2) is 24.4 Å². The quantitative estimate of drug-likeness (QED) is 0.746. The maximum Gasteiger partial charge on any atom is 0.239 e. The summed E-state index contributed by atoms with van der Waals surface area (Å²) in [6.07, 6.45) is 0. The van der Waals surface area contributed by atoms with Crippen molar-refractivity contribution in [2.75, 3.05) is 6.54 Å². The van der Waals surface area contributed by atoms with Gasteiger partial charge in [-0.15, -0.1) is 0 Å². The van der Waals surface area contributed by atoms with Crippen molar-refractivity contribution in [3.63, 3.8) is 0 Å². The van der Waals surface area contributed by atoms with E-state index in [-0.39, 0.29) is 30.3 Å². The summed E-state index contributed by atoms with van der Waals surface area (Å²) in [5.41, 5.74) is 9.13. The van der Waals surface area contributed by atoms with Crippen LogP contribution in [0.3, 0.4) is 0 Å². The minimum absolute atomic E-state index is 0.0391. The monoisotopic (exact) mass is 305 g/mol. The van der Waals surface area contributed by atoms with Crippen LogP contribution in [0.15, 0.2) is 18.2 Å². The lowest BCUT2D eigenvalue weighted by Gasteiger charge is -2.18. The van der Waals surface area contributed by atoms with E-state index in [0.717, 1.165) is 11.1 Å². The maximum absolute atomic E-state index is 11.9. The minimum Gasteiger partial charge on any atom is -0.348 e. The molecule has 1 rings (SSSR count). The summed E-state index contributed by atoms with van der Waals surface area (Å²) in [6, 6.07) is 5.42. The van der Waals surface area contributed by atoms with Crippen molar-refractivity contribution >= 4 is 11.8 Å². The van der Waals surface area contributed by atoms with Crippen LogP contribution in [0, 0.1) is 19.8 Å². The van der Waals surface area contributed by atoms with Crippen LogP contribution in [0.1, 0.15) is 43.5 Å². The van der Waals surface area contributed by atoms with E-state index in [1.165, 1.54) is 5.56 Å². The fraction of sp³-hybridized carbons (Fsp3) is 0.529. The molecule has 0 aromatic heterocycles. The van der Waals surface area contributed by atoms with Gasteiger partial charge in [-0.3, -0.25) is 9.59 Å². The number of carbonyl (C=O) groups is 2. The molecule has 0 saturated carbocycles. The fourth-order valence-corrected chi connectivity index (χ4v) is 2.27. The Morgan fingerprint density at radius 3 is 2.36 bits per heavy atom. The Labute approximate surface area is 132 Å². The van der Waals surface area contributed by atoms with Crippen molar-refractivity contribution in [2.24, 2.45) is 11.7 Å². The largest absolute Gasteiger partial charge is 0.348 e. The second kappa shape index (κ2) is 7.94. The highest BCUT2D eigenvalue weighted by molar-refractivity contribution is 5.87. The van der Waals surface area contributed by atoms with Gasteiger partial charge in [-0.05, 0) is 37.8 Å². The van der Waals surface area contributed by atoms with Gasteiger partial charge in [0, 0.05) is 0 Å². The van der Waals surface area contributed by atoms with E-state index >= 15 is 0 Å². The van der Waals surface area contributed by atoms with Gasteiger partial charge in [-0.2, -0.15) is 0 Å². The van der Waals surface area contributed by atoms with E-state index in [2.05, 4.69) is 16.7 Å². The molecule has 1 aromatic carbocycles. The first-order valence-electron chi connectivity index (χ1n) is 7.62. The van der Waals surface area contributed by atoms with E-state index in [1.54, 1.807) is 0 Å². The van der Waals surface area contributed by atoms with Crippen LogP contribution in [0.5, 0.6) is 0 Å². The lowest BCUT2D eigenvalue weighted by atomic mass is 10.0. The first-order valence-corrected chi connectivity index (χ1v) is 7.62. The third kappa shape index (κ3) is 5.15. The number of carbonyl (C=O) groups excluding carboxylic acids is 2. The van der Waals surface area contributed by atoms with Crippen LogP contribution < -0.4 is 16.4 Å². The first-order chi connectivity index (χ1) is 10.2. The van der Waals surface area contributed by atoms with Crippen molar-refractivity contribution in [1.29, 1.82) is 0 Å². The maximum atomic E-state index is 11.9. The molecule has 4 N–H and O–H groups in total. The number of hydrogen-bond donors (Lipinski definition) is 3. The molecule has 122 valence electrons. The molecule has 2 amide bonds. The van der Waals surface area contributed by atoms with Crippen molar-refractivity contribution in [3.05, 3.63) is 34.9 Å². The normalized spacial score (nSPS) is 13.6. The smallest absolute Gasteiger partial charge is 0.239 e. The van der Waals surface area contributed by atoms with Crippen LogP contribution in [0.25, 0.3) is 0 Å². The average molecular weight is 305 g/mol. The molecule has 5 nitrogen and oxygen atoms in total. The topological polar surface area (TPSA) is 84.2 Å². The Kier molecular flexibility index (Phi) is 6.56. The van der Waals surface area contributed by atoms with E-state index in [1.807, 2.05) is 46.8 Å². The third-order valence-electron chi connectivity index (χ3n) is 3.71. The summed E-state index contributed by atoms with van der Waals surface area (Å²) in [7, 11) is 0. The SMILES string of the molecule is Cc1ccc(C(C)NC(=O)CNC(=O)[C@@H](N)C(C)C)c(C)c1. The summed E-state index contributed by atoms with van der Waals surface area (Å²) in [4.78, 5) is 23.7. The van der Waals surface area contributed by atoms with Gasteiger partial charge >= 0.3 is 0 Å². The Balaban J connectivity index is 2.53. The number of nitrogens with two attached hydrogens (primary N) is 1. The molecule has 0 fully saturated rings. The highest BCUT2D eigenvalue weighted by Crippen LogP contribution is 2.18. The van der Waals surface area contributed by atoms with Crippen molar-refractivity contribution in [3.8, 4) is 0 Å². The molecule has 0 aliphatic rings. The number of benzene rings is 1. The van der Waals surface area contributed by atoms with Gasteiger partial charge in [0.1, 0.15) is 0 Å². The molecule has 22 heavy (non-hydrogen) atoms. The zero-order chi connectivity index (χ0) is 16.9. The number of rotatable bonds is 6. The van der Waals surface area contributed by atoms with Gasteiger partial charge in [0.15, 0.2) is 0 Å². The highest BCUT2D eigenvalue weighted by Gasteiger charge is 2.18. The molecule has 1 unspecified atom stereocenters. The molecule has 0 aliphatic heterocycles. The lowest BCUT2D eigenvalue weighted by Crippen LogP contribution is -2.47. The molecule has 0 heterocycles. The summed E-state index contributed by atoms with van der Waals surface area (Å²) in [5, 5.41) is 5.45. The van der Waals surface area contributed by atoms with Gasteiger partial charge < -0.3 is 16.4 Å². The fourth-order valence-electron chi connectivity index (χ4n) is 2.27. The average Bonchev–Trinajstić information content (AvgIpc) is 2.43.